The second-order valence-electron chi connectivity index (χ2n) is 3.70. The Labute approximate surface area is 106 Å². The van der Waals surface area contributed by atoms with Crippen LogP contribution in [0.15, 0.2) is 18.2 Å². The Balaban J connectivity index is 2.94. The molecule has 0 spiro atoms. The van der Waals surface area contributed by atoms with E-state index in [4.69, 9.17) is 21.4 Å². The first-order chi connectivity index (χ1) is 8.08. The highest BCUT2D eigenvalue weighted by Gasteiger charge is 2.13. The van der Waals surface area contributed by atoms with Crippen LogP contribution in [0.5, 0.6) is 0 Å². The number of halogens is 1. The predicted molar refractivity (Wildman–Crippen MR) is 68.0 cm³/mol. The predicted octanol–water partition coefficient (Wildman–Crippen LogP) is 2.88. The molecular weight excluding hydrogens is 242 g/mol. The Morgan fingerprint density at radius 2 is 2.29 bits per heavy atom. The second kappa shape index (κ2) is 6.47. The highest BCUT2D eigenvalue weighted by molar-refractivity contribution is 6.31. The molecule has 1 rings (SSSR count). The van der Waals surface area contributed by atoms with Crippen LogP contribution >= 0.6 is 11.6 Å². The summed E-state index contributed by atoms with van der Waals surface area (Å²) in [6, 6.07) is 4.74. The first kappa shape index (κ1) is 13.8. The largest absolute Gasteiger partial charge is 0.478 e. The number of rotatable bonds is 6. The minimum absolute atomic E-state index is 0.0663. The van der Waals surface area contributed by atoms with Gasteiger partial charge < -0.3 is 15.2 Å². The van der Waals surface area contributed by atoms with Gasteiger partial charge in [-0.1, -0.05) is 18.5 Å². The van der Waals surface area contributed by atoms with Crippen molar-refractivity contribution in [2.45, 2.75) is 19.4 Å². The molecule has 0 bridgehead atoms. The molecule has 2 N–H and O–H groups in total. The number of carbonyl (C=O) groups is 1. The molecular formula is C12H16ClNO3. The van der Waals surface area contributed by atoms with E-state index in [1.807, 2.05) is 6.92 Å². The maximum Gasteiger partial charge on any atom is 0.337 e. The number of aromatic carboxylic acids is 1. The number of hydrogen-bond donors (Lipinski definition) is 2. The average Bonchev–Trinajstić information content (AvgIpc) is 2.28. The van der Waals surface area contributed by atoms with Crippen LogP contribution in [0.4, 0.5) is 5.69 Å². The molecule has 1 aromatic carbocycles. The summed E-state index contributed by atoms with van der Waals surface area (Å²) in [4.78, 5) is 11.0. The second-order valence-corrected chi connectivity index (χ2v) is 4.14. The topological polar surface area (TPSA) is 58.6 Å². The number of nitrogens with one attached hydrogen (secondary N) is 1. The van der Waals surface area contributed by atoms with Crippen molar-refractivity contribution in [2.24, 2.45) is 0 Å². The maximum atomic E-state index is 11.0. The van der Waals surface area contributed by atoms with E-state index in [-0.39, 0.29) is 11.6 Å². The molecule has 17 heavy (non-hydrogen) atoms. The molecule has 0 heterocycles. The van der Waals surface area contributed by atoms with Crippen molar-refractivity contribution in [3.05, 3.63) is 28.8 Å². The summed E-state index contributed by atoms with van der Waals surface area (Å²) in [5.74, 6) is -0.976. The van der Waals surface area contributed by atoms with Crippen LogP contribution in [0, 0.1) is 0 Å². The van der Waals surface area contributed by atoms with Gasteiger partial charge in [0, 0.05) is 18.2 Å². The van der Waals surface area contributed by atoms with E-state index in [0.717, 1.165) is 6.42 Å². The molecule has 0 fully saturated rings. The van der Waals surface area contributed by atoms with Crippen LogP contribution in [0.2, 0.25) is 5.02 Å². The lowest BCUT2D eigenvalue weighted by atomic mass is 10.1. The molecule has 0 saturated heterocycles. The summed E-state index contributed by atoms with van der Waals surface area (Å²) < 4.78 is 5.05. The van der Waals surface area contributed by atoms with Crippen molar-refractivity contribution in [1.29, 1.82) is 0 Å². The van der Waals surface area contributed by atoms with Gasteiger partial charge in [0.25, 0.3) is 0 Å². The molecule has 0 aliphatic heterocycles. The number of carboxylic acid groups (broad SMARTS) is 1. The Bertz CT molecular complexity index is 395. The number of benzene rings is 1. The van der Waals surface area contributed by atoms with Crippen molar-refractivity contribution in [3.8, 4) is 0 Å². The smallest absolute Gasteiger partial charge is 0.337 e. The standard InChI is InChI=1S/C12H16ClNO3/c1-3-9(7-17-2)14-11-6-8(13)4-5-10(11)12(15)16/h4-6,9,14H,3,7H2,1-2H3,(H,15,16). The highest BCUT2D eigenvalue weighted by Crippen LogP contribution is 2.22. The fraction of sp³-hybridized carbons (Fsp3) is 0.417. The van der Waals surface area contributed by atoms with Crippen LogP contribution in [0.25, 0.3) is 0 Å². The van der Waals surface area contributed by atoms with Crippen LogP contribution in [-0.2, 0) is 4.74 Å². The first-order valence-electron chi connectivity index (χ1n) is 5.36. The van der Waals surface area contributed by atoms with Gasteiger partial charge in [-0.15, -0.1) is 0 Å². The molecule has 0 amide bonds. The molecule has 5 heteroatoms. The van der Waals surface area contributed by atoms with Gasteiger partial charge in [0.05, 0.1) is 17.9 Å². The van der Waals surface area contributed by atoms with E-state index in [2.05, 4.69) is 5.32 Å². The Morgan fingerprint density at radius 1 is 1.59 bits per heavy atom. The third-order valence-electron chi connectivity index (χ3n) is 2.43. The minimum Gasteiger partial charge on any atom is -0.478 e. The summed E-state index contributed by atoms with van der Waals surface area (Å²) in [6.07, 6.45) is 0.833. The van der Waals surface area contributed by atoms with Crippen LogP contribution in [0.3, 0.4) is 0 Å². The Morgan fingerprint density at radius 3 is 2.82 bits per heavy atom. The lowest BCUT2D eigenvalue weighted by Gasteiger charge is -2.18. The molecule has 0 aliphatic rings. The average molecular weight is 258 g/mol. The monoisotopic (exact) mass is 257 g/mol. The summed E-state index contributed by atoms with van der Waals surface area (Å²) in [7, 11) is 1.61. The van der Waals surface area contributed by atoms with Gasteiger partial charge in [-0.25, -0.2) is 4.79 Å². The Hall–Kier alpha value is -1.26. The normalized spacial score (nSPS) is 12.2. The SMILES string of the molecule is CCC(COC)Nc1cc(Cl)ccc1C(=O)O. The van der Waals surface area contributed by atoms with Gasteiger partial charge in [-0.2, -0.15) is 0 Å². The molecule has 0 aliphatic carbocycles. The number of anilines is 1. The van der Waals surface area contributed by atoms with Gasteiger partial charge in [-0.05, 0) is 24.6 Å². The van der Waals surface area contributed by atoms with Gasteiger partial charge >= 0.3 is 5.97 Å². The van der Waals surface area contributed by atoms with Crippen molar-refractivity contribution in [1.82, 2.24) is 0 Å². The summed E-state index contributed by atoms with van der Waals surface area (Å²) in [5.41, 5.74) is 0.734. The van der Waals surface area contributed by atoms with Crippen molar-refractivity contribution in [3.63, 3.8) is 0 Å². The zero-order valence-electron chi connectivity index (χ0n) is 9.87. The highest BCUT2D eigenvalue weighted by atomic mass is 35.5. The van der Waals surface area contributed by atoms with E-state index in [1.165, 1.54) is 6.07 Å². The van der Waals surface area contributed by atoms with E-state index in [0.29, 0.717) is 17.3 Å². The van der Waals surface area contributed by atoms with Gasteiger partial charge in [-0.3, -0.25) is 0 Å². The maximum absolute atomic E-state index is 11.0. The Kier molecular flexibility index (Phi) is 5.25. The third-order valence-corrected chi connectivity index (χ3v) is 2.67. The number of carboxylic acids is 1. The number of hydrogen-bond acceptors (Lipinski definition) is 3. The fourth-order valence-corrected chi connectivity index (χ4v) is 1.68. The molecule has 0 saturated carbocycles. The van der Waals surface area contributed by atoms with Gasteiger partial charge in [0.2, 0.25) is 0 Å². The molecule has 0 aromatic heterocycles. The molecule has 94 valence electrons. The number of ether oxygens (including phenoxy) is 1. The van der Waals surface area contributed by atoms with E-state index >= 15 is 0 Å². The molecule has 1 atom stereocenters. The summed E-state index contributed by atoms with van der Waals surface area (Å²) in [5, 5.41) is 12.7. The van der Waals surface area contributed by atoms with E-state index in [9.17, 15) is 4.79 Å². The lowest BCUT2D eigenvalue weighted by Crippen LogP contribution is -2.25. The van der Waals surface area contributed by atoms with Crippen LogP contribution < -0.4 is 5.32 Å². The molecule has 4 nitrogen and oxygen atoms in total. The van der Waals surface area contributed by atoms with Crippen molar-refractivity contribution < 1.29 is 14.6 Å². The van der Waals surface area contributed by atoms with E-state index in [1.54, 1.807) is 19.2 Å². The zero-order valence-corrected chi connectivity index (χ0v) is 10.6. The fourth-order valence-electron chi connectivity index (χ4n) is 1.51. The first-order valence-corrected chi connectivity index (χ1v) is 5.74. The lowest BCUT2D eigenvalue weighted by molar-refractivity contribution is 0.0698. The zero-order chi connectivity index (χ0) is 12.8. The quantitative estimate of drug-likeness (QED) is 0.823. The molecule has 1 aromatic rings. The third kappa shape index (κ3) is 3.91. The molecule has 1 unspecified atom stereocenters. The van der Waals surface area contributed by atoms with E-state index < -0.39 is 5.97 Å². The summed E-state index contributed by atoms with van der Waals surface area (Å²) in [6.45, 7) is 2.52. The van der Waals surface area contributed by atoms with Crippen molar-refractivity contribution in [2.75, 3.05) is 19.0 Å². The van der Waals surface area contributed by atoms with Crippen LogP contribution in [0.1, 0.15) is 23.7 Å². The number of methoxy groups -OCH3 is 1. The minimum atomic E-state index is -0.976. The summed E-state index contributed by atoms with van der Waals surface area (Å²) >= 11 is 5.86. The van der Waals surface area contributed by atoms with Gasteiger partial charge in [0.15, 0.2) is 0 Å². The van der Waals surface area contributed by atoms with Crippen LogP contribution in [-0.4, -0.2) is 30.8 Å². The van der Waals surface area contributed by atoms with Gasteiger partial charge in [0.1, 0.15) is 0 Å². The van der Waals surface area contributed by atoms with Crippen molar-refractivity contribution >= 4 is 23.3 Å². The molecule has 0 radical (unpaired) electrons.